The van der Waals surface area contributed by atoms with Crippen LogP contribution < -0.4 is 5.32 Å². The summed E-state index contributed by atoms with van der Waals surface area (Å²) in [5.41, 5.74) is 1.46. The Morgan fingerprint density at radius 1 is 1.39 bits per heavy atom. The fourth-order valence-corrected chi connectivity index (χ4v) is 3.10. The Labute approximate surface area is 152 Å². The number of aliphatic hydroxyl groups excluding tert-OH is 1. The number of nitrogens with one attached hydrogen (secondary N) is 1. The molecule has 8 heteroatoms. The molecule has 1 saturated heterocycles. The molecule has 0 spiro atoms. The normalized spacial score (nSPS) is 20.8. The molecule has 0 aliphatic carbocycles. The third kappa shape index (κ3) is 4.70. The fraction of sp³-hybridized carbons (Fsp3) is 0.533. The van der Waals surface area contributed by atoms with E-state index in [0.29, 0.717) is 5.52 Å². The molecule has 23 heavy (non-hydrogen) atoms. The van der Waals surface area contributed by atoms with Gasteiger partial charge in [-0.2, -0.15) is 0 Å². The quantitative estimate of drug-likeness (QED) is 0.847. The number of piperidine rings is 1. The maximum absolute atomic E-state index is 13.4. The monoisotopic (exact) mass is 383 g/mol. The minimum atomic E-state index is -0.441. The van der Waals surface area contributed by atoms with E-state index in [4.69, 9.17) is 11.6 Å². The van der Waals surface area contributed by atoms with E-state index in [2.05, 4.69) is 10.3 Å². The van der Waals surface area contributed by atoms with Gasteiger partial charge in [-0.25, -0.2) is 9.37 Å². The third-order valence-electron chi connectivity index (χ3n) is 4.12. The van der Waals surface area contributed by atoms with Crippen LogP contribution in [0.3, 0.4) is 0 Å². The third-order valence-corrected chi connectivity index (χ3v) is 4.41. The molecule has 2 atom stereocenters. The summed E-state index contributed by atoms with van der Waals surface area (Å²) in [5.74, 6) is -0.441. The number of hydrogen-bond donors (Lipinski definition) is 2. The first-order valence-corrected chi connectivity index (χ1v) is 7.74. The molecule has 0 saturated carbocycles. The van der Waals surface area contributed by atoms with Crippen molar-refractivity contribution < 1.29 is 9.50 Å². The van der Waals surface area contributed by atoms with Crippen LogP contribution in [0.2, 0.25) is 5.02 Å². The van der Waals surface area contributed by atoms with E-state index in [1.165, 1.54) is 6.07 Å². The van der Waals surface area contributed by atoms with Gasteiger partial charge in [-0.15, -0.1) is 24.8 Å². The average Bonchev–Trinajstić information content (AvgIpc) is 2.84. The first kappa shape index (κ1) is 20.5. The maximum Gasteiger partial charge on any atom is 0.144 e. The molecule has 1 aliphatic rings. The Morgan fingerprint density at radius 3 is 2.91 bits per heavy atom. The van der Waals surface area contributed by atoms with Crippen LogP contribution in [0.5, 0.6) is 0 Å². The molecule has 0 unspecified atom stereocenters. The molecule has 2 N–H and O–H groups in total. The van der Waals surface area contributed by atoms with Crippen LogP contribution in [0.25, 0.3) is 11.0 Å². The van der Waals surface area contributed by atoms with Crippen molar-refractivity contribution in [3.63, 3.8) is 0 Å². The zero-order chi connectivity index (χ0) is 14.8. The van der Waals surface area contributed by atoms with Crippen molar-refractivity contribution in [3.05, 3.63) is 29.3 Å². The van der Waals surface area contributed by atoms with Gasteiger partial charge in [0, 0.05) is 18.7 Å². The number of hydrogen-bond acceptors (Lipinski definition) is 3. The largest absolute Gasteiger partial charge is 0.392 e. The first-order chi connectivity index (χ1) is 10.1. The zero-order valence-electron chi connectivity index (χ0n) is 12.5. The number of fused-ring (bicyclic) bond motifs is 1. The topological polar surface area (TPSA) is 50.1 Å². The van der Waals surface area contributed by atoms with Gasteiger partial charge in [-0.1, -0.05) is 11.6 Å². The SMILES string of the molecule is Cl.Cl.O[C@H]1CCCN[C@@H]1CCCn1cnc2cc(F)c(Cl)cc21. The molecule has 1 aromatic heterocycles. The Kier molecular flexibility index (Phi) is 8.04. The van der Waals surface area contributed by atoms with Gasteiger partial charge in [0.1, 0.15) is 5.82 Å². The lowest BCUT2D eigenvalue weighted by atomic mass is 9.97. The van der Waals surface area contributed by atoms with Crippen LogP contribution in [0.1, 0.15) is 25.7 Å². The molecule has 4 nitrogen and oxygen atoms in total. The number of halogens is 4. The van der Waals surface area contributed by atoms with Crippen LogP contribution >= 0.6 is 36.4 Å². The first-order valence-electron chi connectivity index (χ1n) is 7.36. The van der Waals surface area contributed by atoms with Crippen LogP contribution in [0, 0.1) is 5.82 Å². The standard InChI is InChI=1S/C15H19ClFN3O.2ClH/c16-10-7-14-13(8-11(10)17)19-9-20(14)6-2-3-12-15(21)4-1-5-18-12;;/h7-9,12,15,18,21H,1-6H2;2*1H/t12-,15+;;/m1../s1. The van der Waals surface area contributed by atoms with Crippen molar-refractivity contribution in [1.82, 2.24) is 14.9 Å². The minimum absolute atomic E-state index is 0. The Morgan fingerprint density at radius 2 is 2.17 bits per heavy atom. The molecule has 0 radical (unpaired) electrons. The van der Waals surface area contributed by atoms with E-state index in [1.54, 1.807) is 12.4 Å². The summed E-state index contributed by atoms with van der Waals surface area (Å²) in [7, 11) is 0. The van der Waals surface area contributed by atoms with Crippen LogP contribution in [0.4, 0.5) is 4.39 Å². The second-order valence-electron chi connectivity index (χ2n) is 5.61. The second-order valence-corrected chi connectivity index (χ2v) is 6.01. The molecule has 1 fully saturated rings. The van der Waals surface area contributed by atoms with Crippen LogP contribution in [0.15, 0.2) is 18.5 Å². The van der Waals surface area contributed by atoms with Crippen molar-refractivity contribution in [1.29, 1.82) is 0 Å². The average molecular weight is 385 g/mol. The number of nitrogens with zero attached hydrogens (tertiary/aromatic N) is 2. The van der Waals surface area contributed by atoms with Crippen molar-refractivity contribution in [2.45, 2.75) is 44.4 Å². The molecule has 130 valence electrons. The summed E-state index contributed by atoms with van der Waals surface area (Å²) in [6.45, 7) is 1.76. The van der Waals surface area contributed by atoms with E-state index in [-0.39, 0.29) is 42.0 Å². The Hall–Kier alpha value is -0.590. The van der Waals surface area contributed by atoms with Crippen molar-refractivity contribution in [2.75, 3.05) is 6.54 Å². The van der Waals surface area contributed by atoms with Crippen molar-refractivity contribution in [3.8, 4) is 0 Å². The lowest BCUT2D eigenvalue weighted by Gasteiger charge is -2.29. The number of aromatic nitrogens is 2. The maximum atomic E-state index is 13.4. The van der Waals surface area contributed by atoms with Gasteiger partial charge in [-0.05, 0) is 38.3 Å². The lowest BCUT2D eigenvalue weighted by Crippen LogP contribution is -2.44. The molecule has 1 aliphatic heterocycles. The molecule has 3 rings (SSSR count). The van der Waals surface area contributed by atoms with E-state index >= 15 is 0 Å². The van der Waals surface area contributed by atoms with Gasteiger partial charge < -0.3 is 15.0 Å². The van der Waals surface area contributed by atoms with Gasteiger partial charge in [0.05, 0.1) is 28.5 Å². The van der Waals surface area contributed by atoms with Gasteiger partial charge in [0.25, 0.3) is 0 Å². The fourth-order valence-electron chi connectivity index (χ4n) is 2.94. The highest BCUT2D eigenvalue weighted by atomic mass is 35.5. The summed E-state index contributed by atoms with van der Waals surface area (Å²) in [6, 6.07) is 3.16. The molecule has 0 amide bonds. The minimum Gasteiger partial charge on any atom is -0.392 e. The molecular weight excluding hydrogens is 364 g/mol. The summed E-state index contributed by atoms with van der Waals surface area (Å²) in [5, 5.41) is 13.4. The Bertz CT molecular complexity index is 638. The second kappa shape index (κ2) is 9.04. The number of imidazole rings is 1. The van der Waals surface area contributed by atoms with E-state index in [1.807, 2.05) is 4.57 Å². The van der Waals surface area contributed by atoms with E-state index < -0.39 is 5.82 Å². The zero-order valence-corrected chi connectivity index (χ0v) is 14.9. The summed E-state index contributed by atoms with van der Waals surface area (Å²) < 4.78 is 15.4. The summed E-state index contributed by atoms with van der Waals surface area (Å²) in [6.07, 6.45) is 5.21. The van der Waals surface area contributed by atoms with Crippen LogP contribution in [-0.2, 0) is 6.54 Å². The number of aryl methyl sites for hydroxylation is 1. The van der Waals surface area contributed by atoms with E-state index in [9.17, 15) is 9.50 Å². The van der Waals surface area contributed by atoms with Gasteiger partial charge >= 0.3 is 0 Å². The smallest absolute Gasteiger partial charge is 0.144 e. The highest BCUT2D eigenvalue weighted by molar-refractivity contribution is 6.31. The summed E-state index contributed by atoms with van der Waals surface area (Å²) >= 11 is 5.83. The van der Waals surface area contributed by atoms with Gasteiger partial charge in [0.2, 0.25) is 0 Å². The number of rotatable bonds is 4. The highest BCUT2D eigenvalue weighted by Crippen LogP contribution is 2.22. The highest BCUT2D eigenvalue weighted by Gasteiger charge is 2.21. The number of benzene rings is 1. The van der Waals surface area contributed by atoms with Crippen molar-refractivity contribution in [2.24, 2.45) is 0 Å². The van der Waals surface area contributed by atoms with Crippen molar-refractivity contribution >= 4 is 47.4 Å². The van der Waals surface area contributed by atoms with E-state index in [0.717, 1.165) is 44.3 Å². The predicted octanol–water partition coefficient (Wildman–Crippen LogP) is 3.57. The predicted molar refractivity (Wildman–Crippen MR) is 95.5 cm³/mol. The summed E-state index contributed by atoms with van der Waals surface area (Å²) in [4.78, 5) is 4.20. The van der Waals surface area contributed by atoms with Crippen LogP contribution in [-0.4, -0.2) is 33.3 Å². The molecule has 1 aromatic carbocycles. The Balaban J connectivity index is 0.00000132. The molecular formula is C15H21Cl3FN3O. The molecule has 2 heterocycles. The molecule has 0 bridgehead atoms. The lowest BCUT2D eigenvalue weighted by molar-refractivity contribution is 0.0909. The van der Waals surface area contributed by atoms with Gasteiger partial charge in [0.15, 0.2) is 0 Å². The molecule has 2 aromatic rings. The van der Waals surface area contributed by atoms with Gasteiger partial charge in [-0.3, -0.25) is 0 Å². The number of aliphatic hydroxyl groups is 1.